The van der Waals surface area contributed by atoms with Crippen LogP contribution in [0, 0.1) is 6.92 Å². The standard InChI is InChI=1S/C13H8Cl2N2S/c1-7-11(8-2-4-9(14)5-3-8)10-6-16-13(15)17-12(10)18-7/h2-6H,1H3. The highest BCUT2D eigenvalue weighted by molar-refractivity contribution is 7.19. The lowest BCUT2D eigenvalue weighted by molar-refractivity contribution is 1.23. The van der Waals surface area contributed by atoms with Crippen LogP contribution in [0.5, 0.6) is 0 Å². The van der Waals surface area contributed by atoms with E-state index in [2.05, 4.69) is 16.9 Å². The SMILES string of the molecule is Cc1sc2nc(Cl)ncc2c1-c1ccc(Cl)cc1. The van der Waals surface area contributed by atoms with E-state index in [-0.39, 0.29) is 5.28 Å². The topological polar surface area (TPSA) is 25.8 Å². The van der Waals surface area contributed by atoms with Gasteiger partial charge in [0.25, 0.3) is 0 Å². The number of thiophene rings is 1. The molecule has 0 aliphatic rings. The third-order valence-electron chi connectivity index (χ3n) is 2.73. The molecule has 5 heteroatoms. The molecule has 18 heavy (non-hydrogen) atoms. The number of aromatic nitrogens is 2. The monoisotopic (exact) mass is 294 g/mol. The average molecular weight is 295 g/mol. The van der Waals surface area contributed by atoms with Gasteiger partial charge in [0.15, 0.2) is 0 Å². The third-order valence-corrected chi connectivity index (χ3v) is 4.18. The number of benzene rings is 1. The lowest BCUT2D eigenvalue weighted by atomic mass is 10.0. The summed E-state index contributed by atoms with van der Waals surface area (Å²) in [5.41, 5.74) is 2.28. The van der Waals surface area contributed by atoms with Gasteiger partial charge in [-0.05, 0) is 36.2 Å². The van der Waals surface area contributed by atoms with E-state index < -0.39 is 0 Å². The summed E-state index contributed by atoms with van der Waals surface area (Å²) in [5, 5.41) is 2.05. The summed E-state index contributed by atoms with van der Waals surface area (Å²) in [6.07, 6.45) is 1.78. The van der Waals surface area contributed by atoms with E-state index >= 15 is 0 Å². The first-order valence-corrected chi connectivity index (χ1v) is 6.90. The van der Waals surface area contributed by atoms with Crippen LogP contribution < -0.4 is 0 Å². The first kappa shape index (κ1) is 11.9. The fourth-order valence-corrected chi connectivity index (χ4v) is 3.28. The van der Waals surface area contributed by atoms with Crippen LogP contribution in [0.3, 0.4) is 0 Å². The number of fused-ring (bicyclic) bond motifs is 1. The molecule has 0 aliphatic carbocycles. The molecule has 0 bridgehead atoms. The quantitative estimate of drug-likeness (QED) is 0.592. The number of aryl methyl sites for hydroxylation is 1. The van der Waals surface area contributed by atoms with Crippen molar-refractivity contribution in [3.8, 4) is 11.1 Å². The highest BCUT2D eigenvalue weighted by Gasteiger charge is 2.12. The molecule has 2 heterocycles. The number of halogens is 2. The van der Waals surface area contributed by atoms with Crippen LogP contribution in [0.1, 0.15) is 4.88 Å². The second-order valence-electron chi connectivity index (χ2n) is 3.90. The first-order chi connectivity index (χ1) is 8.65. The van der Waals surface area contributed by atoms with Crippen molar-refractivity contribution >= 4 is 44.8 Å². The molecule has 0 fully saturated rings. The summed E-state index contributed by atoms with van der Waals surface area (Å²) < 4.78 is 0. The zero-order valence-electron chi connectivity index (χ0n) is 9.45. The van der Waals surface area contributed by atoms with E-state index in [0.717, 1.165) is 26.4 Å². The van der Waals surface area contributed by atoms with Crippen LogP contribution >= 0.6 is 34.5 Å². The number of nitrogens with zero attached hydrogens (tertiary/aromatic N) is 2. The smallest absolute Gasteiger partial charge is 0.223 e. The fourth-order valence-electron chi connectivity index (χ4n) is 1.96. The molecule has 0 saturated carbocycles. The van der Waals surface area contributed by atoms with E-state index in [4.69, 9.17) is 23.2 Å². The molecular formula is C13H8Cl2N2S. The van der Waals surface area contributed by atoms with Crippen LogP contribution in [0.2, 0.25) is 10.3 Å². The minimum atomic E-state index is 0.284. The van der Waals surface area contributed by atoms with Gasteiger partial charge in [-0.2, -0.15) is 0 Å². The minimum absolute atomic E-state index is 0.284. The van der Waals surface area contributed by atoms with Gasteiger partial charge in [0.1, 0.15) is 4.83 Å². The van der Waals surface area contributed by atoms with Gasteiger partial charge in [-0.3, -0.25) is 0 Å². The zero-order valence-corrected chi connectivity index (χ0v) is 11.8. The number of hydrogen-bond acceptors (Lipinski definition) is 3. The summed E-state index contributed by atoms with van der Waals surface area (Å²) in [4.78, 5) is 10.4. The normalized spacial score (nSPS) is 11.1. The summed E-state index contributed by atoms with van der Waals surface area (Å²) in [7, 11) is 0. The van der Waals surface area contributed by atoms with Gasteiger partial charge in [0, 0.05) is 27.0 Å². The van der Waals surface area contributed by atoms with Crippen LogP contribution in [0.15, 0.2) is 30.5 Å². The predicted octanol–water partition coefficient (Wildman–Crippen LogP) is 4.97. The Morgan fingerprint density at radius 3 is 2.56 bits per heavy atom. The van der Waals surface area contributed by atoms with Crippen LogP contribution in [-0.4, -0.2) is 9.97 Å². The predicted molar refractivity (Wildman–Crippen MR) is 77.6 cm³/mol. The van der Waals surface area contributed by atoms with Crippen molar-refractivity contribution in [2.45, 2.75) is 6.92 Å². The maximum Gasteiger partial charge on any atom is 0.223 e. The minimum Gasteiger partial charge on any atom is -0.226 e. The Morgan fingerprint density at radius 2 is 1.83 bits per heavy atom. The summed E-state index contributed by atoms with van der Waals surface area (Å²) in [6, 6.07) is 7.78. The van der Waals surface area contributed by atoms with Crippen molar-refractivity contribution in [1.82, 2.24) is 9.97 Å². The van der Waals surface area contributed by atoms with E-state index in [0.29, 0.717) is 0 Å². The lowest BCUT2D eigenvalue weighted by Gasteiger charge is -2.01. The molecule has 3 aromatic rings. The van der Waals surface area contributed by atoms with Gasteiger partial charge < -0.3 is 0 Å². The summed E-state index contributed by atoms with van der Waals surface area (Å²) in [5.74, 6) is 0. The largest absolute Gasteiger partial charge is 0.226 e. The Balaban J connectivity index is 2.28. The molecule has 0 saturated heterocycles. The molecule has 0 radical (unpaired) electrons. The molecule has 0 atom stereocenters. The van der Waals surface area contributed by atoms with Gasteiger partial charge in [0.05, 0.1) is 0 Å². The molecule has 90 valence electrons. The molecule has 2 aromatic heterocycles. The van der Waals surface area contributed by atoms with E-state index in [1.165, 1.54) is 4.88 Å². The summed E-state index contributed by atoms with van der Waals surface area (Å²) >= 11 is 13.3. The van der Waals surface area contributed by atoms with Crippen molar-refractivity contribution in [3.05, 3.63) is 45.6 Å². The maximum atomic E-state index is 5.91. The van der Waals surface area contributed by atoms with Crippen molar-refractivity contribution in [2.24, 2.45) is 0 Å². The van der Waals surface area contributed by atoms with Crippen LogP contribution in [0.25, 0.3) is 21.3 Å². The highest BCUT2D eigenvalue weighted by atomic mass is 35.5. The first-order valence-electron chi connectivity index (χ1n) is 5.33. The Morgan fingerprint density at radius 1 is 1.11 bits per heavy atom. The second kappa shape index (κ2) is 4.50. The Kier molecular flexibility index (Phi) is 2.98. The molecule has 0 unspecified atom stereocenters. The molecule has 0 N–H and O–H groups in total. The Labute approximate surface area is 118 Å². The van der Waals surface area contributed by atoms with Crippen LogP contribution in [0.4, 0.5) is 0 Å². The zero-order chi connectivity index (χ0) is 12.7. The van der Waals surface area contributed by atoms with Gasteiger partial charge in [0.2, 0.25) is 5.28 Å². The van der Waals surface area contributed by atoms with Crippen molar-refractivity contribution in [2.75, 3.05) is 0 Å². The Hall–Kier alpha value is -1.16. The Bertz CT molecular complexity index is 720. The van der Waals surface area contributed by atoms with Gasteiger partial charge in [-0.25, -0.2) is 9.97 Å². The van der Waals surface area contributed by atoms with Crippen molar-refractivity contribution in [1.29, 1.82) is 0 Å². The molecule has 2 nitrogen and oxygen atoms in total. The van der Waals surface area contributed by atoms with Crippen molar-refractivity contribution in [3.63, 3.8) is 0 Å². The van der Waals surface area contributed by atoms with Crippen molar-refractivity contribution < 1.29 is 0 Å². The lowest BCUT2D eigenvalue weighted by Crippen LogP contribution is -1.82. The van der Waals surface area contributed by atoms with E-state index in [1.54, 1.807) is 17.5 Å². The number of hydrogen-bond donors (Lipinski definition) is 0. The third kappa shape index (κ3) is 1.99. The molecule has 1 aromatic carbocycles. The maximum absolute atomic E-state index is 5.91. The van der Waals surface area contributed by atoms with E-state index in [1.807, 2.05) is 24.3 Å². The number of rotatable bonds is 1. The average Bonchev–Trinajstić information content (AvgIpc) is 2.65. The highest BCUT2D eigenvalue weighted by Crippen LogP contribution is 2.37. The fraction of sp³-hybridized carbons (Fsp3) is 0.0769. The van der Waals surface area contributed by atoms with Gasteiger partial charge in [-0.15, -0.1) is 11.3 Å². The molecular weight excluding hydrogens is 287 g/mol. The molecule has 0 amide bonds. The molecule has 3 rings (SSSR count). The second-order valence-corrected chi connectivity index (χ2v) is 5.88. The van der Waals surface area contributed by atoms with Gasteiger partial charge in [-0.1, -0.05) is 23.7 Å². The summed E-state index contributed by atoms with van der Waals surface area (Å²) in [6.45, 7) is 2.07. The molecule has 0 spiro atoms. The molecule has 0 aliphatic heterocycles. The van der Waals surface area contributed by atoms with E-state index in [9.17, 15) is 0 Å². The van der Waals surface area contributed by atoms with Gasteiger partial charge >= 0.3 is 0 Å². The van der Waals surface area contributed by atoms with Crippen LogP contribution in [-0.2, 0) is 0 Å².